The molecular weight excluding hydrogens is 1730 g/mol. The number of nitrogens with zero attached hydrogens (tertiary/aromatic N) is 3. The number of unbranched alkanes of at least 4 members (excludes halogenated alkanes) is 6. The number of aromatic carboxylic acids is 1. The molecule has 131 heavy (non-hydrogen) atoms. The average Bonchev–Trinajstić information content (AvgIpc) is 0.830. The van der Waals surface area contributed by atoms with Gasteiger partial charge in [0.2, 0.25) is 11.8 Å². The van der Waals surface area contributed by atoms with Gasteiger partial charge in [-0.3, -0.25) is 58.3 Å². The van der Waals surface area contributed by atoms with Crippen molar-refractivity contribution in [3.05, 3.63) is 152 Å². The van der Waals surface area contributed by atoms with Gasteiger partial charge in [-0.05, 0) is 168 Å². The highest BCUT2D eigenvalue weighted by Crippen LogP contribution is 2.25. The zero-order chi connectivity index (χ0) is 97.3. The zero-order valence-electron chi connectivity index (χ0n) is 76.5. The molecule has 5 aromatic carbocycles. The largest absolute Gasteiger partial charge is 0.507 e. The molecule has 38 heteroatoms. The van der Waals surface area contributed by atoms with Crippen LogP contribution in [0.2, 0.25) is 0 Å². The average molecular weight is 1880 g/mol. The van der Waals surface area contributed by atoms with Crippen LogP contribution in [0.25, 0.3) is 0 Å². The number of aliphatic hydroxyl groups is 2. The van der Waals surface area contributed by atoms with Crippen LogP contribution in [0.15, 0.2) is 97.1 Å². The molecule has 0 aliphatic rings. The number of carboxylic acid groups (broad SMARTS) is 1. The number of carbonyl (C=O) groups excluding carboxylic acids is 9. The standard InChI is InChI=1S/C25H39NO8.C21H32O6.C20H32N2O7.C12H27NO3.C8H6O4.C7H4ClNO4/c1-3-7-22(29)8-4-5-12-32-14-16-34-17-15-33-13-6-11-26(20(2)28)25(31)23-18-21(19-27)9-10-24(23)30;1-2-3-5-10-25-12-14-27-15-13-26-11-6-4-7-20(23)19-16-18(17-22)8-9-21(19)24;1-16(24)22(20(26)18-14-17(15-23)4-5-19(18)25)7-3-9-28-11-13-29-12-10-27-8-2-6-21;1-2-3-4-7-14-9-11-16-12-10-15-8-5-6-13;9-4-5-1-2-7(10)6(3-5)8(11)12;8-7(10)13-6-3-1-5(2-4-6)9(11)12/h9-10,18,27,30H,3-8,11-17,19H2,1-2H3;8-9,16-17,24H,2-7,10-15H2,1H3;4-5,14,23,25H,2-3,6-13,15,21H2,1H3;2-13H2,1H3;1-4,10H,(H,11,12);1-4H. The van der Waals surface area contributed by atoms with Crippen LogP contribution < -0.4 is 16.2 Å². The van der Waals surface area contributed by atoms with Crippen molar-refractivity contribution in [2.24, 2.45) is 11.5 Å². The topological polar surface area (TPSA) is 534 Å². The quantitative estimate of drug-likeness (QED) is 0.00436. The van der Waals surface area contributed by atoms with Crippen molar-refractivity contribution in [1.82, 2.24) is 9.80 Å². The molecule has 11 N–H and O–H groups in total. The monoisotopic (exact) mass is 1870 g/mol. The Morgan fingerprint density at radius 1 is 0.389 bits per heavy atom. The molecular formula is C93H140ClN5O32. The molecule has 0 saturated carbocycles. The first-order valence-corrected chi connectivity index (χ1v) is 44.4. The van der Waals surface area contributed by atoms with Gasteiger partial charge in [0, 0.05) is 134 Å². The molecule has 4 amide bonds. The number of halogens is 1. The van der Waals surface area contributed by atoms with Crippen molar-refractivity contribution in [3.63, 3.8) is 0 Å². The maximum atomic E-state index is 12.7. The summed E-state index contributed by atoms with van der Waals surface area (Å²) in [5, 5.41) is 75.7. The van der Waals surface area contributed by atoms with E-state index in [1.807, 2.05) is 6.92 Å². The smallest absolute Gasteiger partial charge is 0.409 e. The third kappa shape index (κ3) is 63.1. The van der Waals surface area contributed by atoms with E-state index in [2.05, 4.69) is 18.6 Å². The lowest BCUT2D eigenvalue weighted by Gasteiger charge is -2.20. The highest BCUT2D eigenvalue weighted by atomic mass is 35.5. The number of non-ortho nitro benzene ring substituents is 1. The lowest BCUT2D eigenvalue weighted by atomic mass is 10.0. The van der Waals surface area contributed by atoms with Gasteiger partial charge in [-0.1, -0.05) is 58.6 Å². The lowest BCUT2D eigenvalue weighted by molar-refractivity contribution is -0.384. The summed E-state index contributed by atoms with van der Waals surface area (Å²) < 4.78 is 69.3. The van der Waals surface area contributed by atoms with Crippen molar-refractivity contribution in [1.29, 1.82) is 0 Å². The molecule has 0 heterocycles. The van der Waals surface area contributed by atoms with Crippen LogP contribution in [0.3, 0.4) is 0 Å². The summed E-state index contributed by atoms with van der Waals surface area (Å²) in [6, 6.07) is 21.3. The molecule has 0 aliphatic carbocycles. The molecule has 0 aromatic heterocycles. The number of ether oxygens (including phenoxy) is 13. The first kappa shape index (κ1) is 121. The van der Waals surface area contributed by atoms with E-state index in [4.69, 9.17) is 90.1 Å². The van der Waals surface area contributed by atoms with Gasteiger partial charge in [0.1, 0.15) is 52.7 Å². The van der Waals surface area contributed by atoms with Crippen LogP contribution in [-0.2, 0) is 84.4 Å². The summed E-state index contributed by atoms with van der Waals surface area (Å²) in [6.45, 7) is 23.3. The number of amides is 4. The maximum absolute atomic E-state index is 12.7. The van der Waals surface area contributed by atoms with E-state index in [1.165, 1.54) is 131 Å². The first-order valence-electron chi connectivity index (χ1n) is 44.1. The van der Waals surface area contributed by atoms with E-state index in [-0.39, 0.29) is 94.3 Å². The van der Waals surface area contributed by atoms with Gasteiger partial charge in [-0.2, -0.15) is 0 Å². The molecule has 5 rings (SSSR count). The number of hydrogen-bond donors (Lipinski definition) is 9. The number of hydrogen-bond acceptors (Lipinski definition) is 33. The maximum Gasteiger partial charge on any atom is 0.409 e. The Morgan fingerprint density at radius 3 is 1.02 bits per heavy atom. The van der Waals surface area contributed by atoms with E-state index in [0.717, 1.165) is 87.1 Å². The van der Waals surface area contributed by atoms with Gasteiger partial charge < -0.3 is 109 Å². The van der Waals surface area contributed by atoms with Gasteiger partial charge in [-0.25, -0.2) is 9.59 Å². The number of aromatic hydroxyl groups is 4. The van der Waals surface area contributed by atoms with Crippen molar-refractivity contribution >= 4 is 76.5 Å². The third-order valence-corrected chi connectivity index (χ3v) is 17.9. The van der Waals surface area contributed by atoms with Crippen LogP contribution in [0.5, 0.6) is 28.7 Å². The van der Waals surface area contributed by atoms with Gasteiger partial charge in [0.25, 0.3) is 17.5 Å². The van der Waals surface area contributed by atoms with Gasteiger partial charge in [0.15, 0.2) is 5.78 Å². The van der Waals surface area contributed by atoms with Crippen LogP contribution >= 0.6 is 11.6 Å². The molecule has 0 bridgehead atoms. The Hall–Kier alpha value is -9.75. The number of rotatable bonds is 68. The number of imide groups is 2. The second-order valence-electron chi connectivity index (χ2n) is 28.5. The van der Waals surface area contributed by atoms with Crippen LogP contribution in [0.1, 0.15) is 223 Å². The Balaban J connectivity index is 0.00000161. The minimum Gasteiger partial charge on any atom is -0.507 e. The molecule has 0 atom stereocenters. The fourth-order valence-corrected chi connectivity index (χ4v) is 10.9. The summed E-state index contributed by atoms with van der Waals surface area (Å²) in [5.41, 5.74) is 11.1. The molecule has 37 nitrogen and oxygen atoms in total. The van der Waals surface area contributed by atoms with E-state index >= 15 is 0 Å². The van der Waals surface area contributed by atoms with E-state index in [1.54, 1.807) is 0 Å². The Labute approximate surface area is 772 Å². The summed E-state index contributed by atoms with van der Waals surface area (Å²) in [5.74, 6) is -3.93. The molecule has 5 aromatic rings. The minimum absolute atomic E-state index is 0.0188. The number of carbonyl (C=O) groups is 10. The Kier molecular flexibility index (Phi) is 76.1. The first-order chi connectivity index (χ1) is 63.2. The van der Waals surface area contributed by atoms with E-state index < -0.39 is 39.9 Å². The summed E-state index contributed by atoms with van der Waals surface area (Å²) in [6.07, 6.45) is 16.6. The molecule has 0 radical (unpaired) electrons. The predicted molar refractivity (Wildman–Crippen MR) is 488 cm³/mol. The van der Waals surface area contributed by atoms with Crippen molar-refractivity contribution in [2.75, 3.05) is 185 Å². The second kappa shape index (κ2) is 82.2. The van der Waals surface area contributed by atoms with Crippen molar-refractivity contribution < 1.29 is 150 Å². The summed E-state index contributed by atoms with van der Waals surface area (Å²) in [7, 11) is 0. The highest BCUT2D eigenvalue weighted by Gasteiger charge is 2.25. The number of phenolic OH excluding ortho intramolecular Hbond substituents is 3. The predicted octanol–water partition coefficient (Wildman–Crippen LogP) is 12.1. The number of benzene rings is 5. The second-order valence-corrected chi connectivity index (χ2v) is 28.8. The highest BCUT2D eigenvalue weighted by molar-refractivity contribution is 6.61. The van der Waals surface area contributed by atoms with E-state index in [0.29, 0.717) is 225 Å². The Bertz CT molecular complexity index is 3920. The molecule has 0 aliphatic heterocycles. The number of aldehydes is 2. The number of phenols is 4. The van der Waals surface area contributed by atoms with Crippen molar-refractivity contribution in [2.45, 2.75) is 163 Å². The minimum atomic E-state index is -1.25. The fourth-order valence-electron chi connectivity index (χ4n) is 10.8. The lowest BCUT2D eigenvalue weighted by Crippen LogP contribution is -2.36. The molecule has 0 unspecified atom stereocenters. The van der Waals surface area contributed by atoms with Gasteiger partial charge in [-0.15, -0.1) is 0 Å². The third-order valence-electron chi connectivity index (χ3n) is 17.8. The summed E-state index contributed by atoms with van der Waals surface area (Å²) >= 11 is 4.92. The number of nitro groups is 1. The number of ketones is 2. The fraction of sp³-hybridized carbons (Fsp3) is 0.570. The zero-order valence-corrected chi connectivity index (χ0v) is 77.3. The van der Waals surface area contributed by atoms with Crippen molar-refractivity contribution in [3.8, 4) is 28.7 Å². The Morgan fingerprint density at radius 2 is 0.702 bits per heavy atom. The molecule has 0 fully saturated rings. The number of Topliss-reactive ketones (excluding diaryl/α,β-unsaturated/α-hetero) is 2. The molecule has 0 saturated heterocycles. The number of aliphatic hydroxyl groups excluding tert-OH is 2. The van der Waals surface area contributed by atoms with Gasteiger partial charge >= 0.3 is 11.4 Å². The van der Waals surface area contributed by atoms with Crippen LogP contribution in [-0.4, -0.2) is 294 Å². The summed E-state index contributed by atoms with van der Waals surface area (Å²) in [4.78, 5) is 126. The molecule has 736 valence electrons. The van der Waals surface area contributed by atoms with E-state index in [9.17, 15) is 83.6 Å². The number of nitro benzene ring substituents is 1. The van der Waals surface area contributed by atoms with Crippen LogP contribution in [0.4, 0.5) is 10.5 Å². The normalized spacial score (nSPS) is 10.6. The molecule has 0 spiro atoms. The van der Waals surface area contributed by atoms with Gasteiger partial charge in [0.05, 0.1) is 141 Å². The van der Waals surface area contributed by atoms with Crippen LogP contribution in [0, 0.1) is 10.1 Å². The SMILES string of the molecule is CC(=O)N(CCCOCCOCCOCCCN)C(=O)c1cc(CO)ccc1O.CCCC(=O)CCCCOCCOCCOCCCN(C(C)=O)C(=O)c1cc(CO)ccc1O.CCCCCOCCOCCOCCCCC(=O)c1cc(C=O)ccc1O.CCCCCOCCOCCOCCCN.O=C(Cl)Oc1ccc([N+](=O)[O-])cc1.O=Cc1ccc(O)c(C(=O)O)c1. The number of nitrogens with two attached hydrogens (primary N) is 2. The number of carboxylic acids is 1.